The zero-order valence-corrected chi connectivity index (χ0v) is 18.4. The van der Waals surface area contributed by atoms with E-state index in [1.54, 1.807) is 19.1 Å². The van der Waals surface area contributed by atoms with Crippen molar-refractivity contribution in [1.29, 1.82) is 0 Å². The molecular formula is C20H26N2O5S2. The Morgan fingerprint density at radius 2 is 1.62 bits per heavy atom. The summed E-state index contributed by atoms with van der Waals surface area (Å²) in [7, 11) is -6.22. The number of sulfonamides is 2. The number of nitrogens with one attached hydrogen (secondary N) is 1. The van der Waals surface area contributed by atoms with Crippen molar-refractivity contribution in [2.75, 3.05) is 24.9 Å². The zero-order chi connectivity index (χ0) is 21.2. The number of rotatable bonds is 6. The van der Waals surface area contributed by atoms with E-state index in [9.17, 15) is 16.8 Å². The number of anilines is 1. The van der Waals surface area contributed by atoms with Crippen LogP contribution in [-0.2, 0) is 20.0 Å². The lowest BCUT2D eigenvalue weighted by Gasteiger charge is -2.26. The predicted molar refractivity (Wildman–Crippen MR) is 112 cm³/mol. The molecule has 1 aliphatic rings. The third kappa shape index (κ3) is 4.57. The van der Waals surface area contributed by atoms with Gasteiger partial charge in [-0.25, -0.2) is 16.8 Å². The van der Waals surface area contributed by atoms with Gasteiger partial charge in [0.1, 0.15) is 5.75 Å². The van der Waals surface area contributed by atoms with Crippen LogP contribution in [-0.4, -0.2) is 41.3 Å². The van der Waals surface area contributed by atoms with Gasteiger partial charge in [-0.1, -0.05) is 18.6 Å². The van der Waals surface area contributed by atoms with Gasteiger partial charge in [-0.05, 0) is 62.1 Å². The molecule has 9 heteroatoms. The Hall–Kier alpha value is -2.10. The van der Waals surface area contributed by atoms with Gasteiger partial charge in [-0.15, -0.1) is 0 Å². The Labute approximate surface area is 172 Å². The van der Waals surface area contributed by atoms with Crippen LogP contribution in [0.3, 0.4) is 0 Å². The van der Waals surface area contributed by atoms with Crippen LogP contribution in [0, 0.1) is 13.8 Å². The van der Waals surface area contributed by atoms with Gasteiger partial charge in [0.2, 0.25) is 10.0 Å². The molecule has 1 fully saturated rings. The molecule has 1 saturated heterocycles. The van der Waals surface area contributed by atoms with E-state index < -0.39 is 20.0 Å². The topological polar surface area (TPSA) is 92.8 Å². The Bertz CT molecular complexity index is 1110. The average molecular weight is 439 g/mol. The summed E-state index contributed by atoms with van der Waals surface area (Å²) < 4.78 is 61.1. The summed E-state index contributed by atoms with van der Waals surface area (Å²) >= 11 is 0. The van der Waals surface area contributed by atoms with Crippen molar-refractivity contribution in [1.82, 2.24) is 4.31 Å². The lowest BCUT2D eigenvalue weighted by Crippen LogP contribution is -2.35. The molecule has 0 unspecified atom stereocenters. The van der Waals surface area contributed by atoms with E-state index in [0.29, 0.717) is 18.7 Å². The van der Waals surface area contributed by atoms with Gasteiger partial charge in [0.25, 0.3) is 10.0 Å². The lowest BCUT2D eigenvalue weighted by molar-refractivity contribution is 0.346. The first kappa shape index (κ1) is 21.6. The van der Waals surface area contributed by atoms with Gasteiger partial charge < -0.3 is 4.74 Å². The molecule has 158 valence electrons. The molecule has 1 heterocycles. The lowest BCUT2D eigenvalue weighted by atomic mass is 10.2. The maximum Gasteiger partial charge on any atom is 0.262 e. The molecule has 0 bridgehead atoms. The largest absolute Gasteiger partial charge is 0.495 e. The Kier molecular flexibility index (Phi) is 6.21. The number of piperidine rings is 1. The highest BCUT2D eigenvalue weighted by Gasteiger charge is 2.27. The van der Waals surface area contributed by atoms with Crippen LogP contribution >= 0.6 is 0 Å². The number of aryl methyl sites for hydroxylation is 2. The van der Waals surface area contributed by atoms with Crippen molar-refractivity contribution in [2.24, 2.45) is 0 Å². The number of benzene rings is 2. The van der Waals surface area contributed by atoms with Crippen molar-refractivity contribution in [3.05, 3.63) is 47.5 Å². The summed E-state index contributed by atoms with van der Waals surface area (Å²) in [5.41, 5.74) is 1.50. The van der Waals surface area contributed by atoms with Crippen molar-refractivity contribution < 1.29 is 21.6 Å². The third-order valence-electron chi connectivity index (χ3n) is 5.00. The summed E-state index contributed by atoms with van der Waals surface area (Å²) in [6.07, 6.45) is 2.65. The second kappa shape index (κ2) is 8.33. The van der Waals surface area contributed by atoms with Crippen LogP contribution in [0.15, 0.2) is 46.2 Å². The quantitative estimate of drug-likeness (QED) is 0.747. The van der Waals surface area contributed by atoms with Crippen LogP contribution in [0.2, 0.25) is 0 Å². The minimum Gasteiger partial charge on any atom is -0.495 e. The normalized spacial score (nSPS) is 15.8. The maximum absolute atomic E-state index is 13.0. The smallest absolute Gasteiger partial charge is 0.262 e. The summed E-state index contributed by atoms with van der Waals surface area (Å²) in [5.74, 6) is 0.247. The minimum absolute atomic E-state index is 0.0406. The zero-order valence-electron chi connectivity index (χ0n) is 16.8. The molecule has 29 heavy (non-hydrogen) atoms. The van der Waals surface area contributed by atoms with Gasteiger partial charge in [0.15, 0.2) is 0 Å². The first-order chi connectivity index (χ1) is 13.6. The number of methoxy groups -OCH3 is 1. The third-order valence-corrected chi connectivity index (χ3v) is 8.40. The van der Waals surface area contributed by atoms with Gasteiger partial charge in [-0.3, -0.25) is 4.72 Å². The van der Waals surface area contributed by atoms with E-state index in [4.69, 9.17) is 4.74 Å². The van der Waals surface area contributed by atoms with Crippen LogP contribution in [0.1, 0.15) is 30.4 Å². The van der Waals surface area contributed by atoms with Gasteiger partial charge in [0.05, 0.1) is 22.6 Å². The van der Waals surface area contributed by atoms with Gasteiger partial charge in [0, 0.05) is 13.1 Å². The molecule has 7 nitrogen and oxygen atoms in total. The summed E-state index contributed by atoms with van der Waals surface area (Å²) in [5, 5.41) is 0. The molecule has 0 saturated carbocycles. The van der Waals surface area contributed by atoms with Gasteiger partial charge in [-0.2, -0.15) is 4.31 Å². The van der Waals surface area contributed by atoms with E-state index in [1.807, 2.05) is 13.0 Å². The first-order valence-electron chi connectivity index (χ1n) is 9.43. The van der Waals surface area contributed by atoms with Crippen LogP contribution in [0.25, 0.3) is 0 Å². The fraction of sp³-hybridized carbons (Fsp3) is 0.400. The molecular weight excluding hydrogens is 412 g/mol. The highest BCUT2D eigenvalue weighted by Crippen LogP contribution is 2.32. The fourth-order valence-corrected chi connectivity index (χ4v) is 6.31. The van der Waals surface area contributed by atoms with Crippen LogP contribution in [0.5, 0.6) is 5.75 Å². The van der Waals surface area contributed by atoms with E-state index >= 15 is 0 Å². The Morgan fingerprint density at radius 1 is 0.931 bits per heavy atom. The second-order valence-electron chi connectivity index (χ2n) is 7.20. The van der Waals surface area contributed by atoms with Gasteiger partial charge >= 0.3 is 0 Å². The molecule has 0 atom stereocenters. The highest BCUT2D eigenvalue weighted by atomic mass is 32.2. The number of hydrogen-bond donors (Lipinski definition) is 1. The molecule has 0 aliphatic carbocycles. The van der Waals surface area contributed by atoms with E-state index in [2.05, 4.69) is 4.72 Å². The van der Waals surface area contributed by atoms with E-state index in [0.717, 1.165) is 24.8 Å². The Balaban J connectivity index is 2.00. The molecule has 0 radical (unpaired) electrons. The van der Waals surface area contributed by atoms with E-state index in [-0.39, 0.29) is 21.2 Å². The molecule has 2 aromatic rings. The molecule has 0 aromatic heterocycles. The maximum atomic E-state index is 13.0. The fourth-order valence-electron chi connectivity index (χ4n) is 3.38. The summed E-state index contributed by atoms with van der Waals surface area (Å²) in [6, 6.07) is 9.39. The molecule has 3 rings (SSSR count). The molecule has 0 spiro atoms. The predicted octanol–water partition coefficient (Wildman–Crippen LogP) is 3.29. The monoisotopic (exact) mass is 438 g/mol. The highest BCUT2D eigenvalue weighted by molar-refractivity contribution is 7.92. The first-order valence-corrected chi connectivity index (χ1v) is 12.4. The standard InChI is InChI=1S/C20H26N2O5S2/c1-15-7-8-16(2)20(13-15)28(23,24)21-18-14-17(9-10-19(18)27-3)29(25,26)22-11-5-4-6-12-22/h7-10,13-14,21H,4-6,11-12H2,1-3H3. The molecule has 2 aromatic carbocycles. The molecule has 1 aliphatic heterocycles. The average Bonchev–Trinajstić information content (AvgIpc) is 2.70. The van der Waals surface area contributed by atoms with Crippen molar-refractivity contribution in [2.45, 2.75) is 42.9 Å². The second-order valence-corrected chi connectivity index (χ2v) is 10.8. The minimum atomic E-state index is -3.92. The van der Waals surface area contributed by atoms with Crippen LogP contribution < -0.4 is 9.46 Å². The van der Waals surface area contributed by atoms with Crippen molar-refractivity contribution in [3.8, 4) is 5.75 Å². The number of nitrogens with zero attached hydrogens (tertiary/aromatic N) is 1. The van der Waals surface area contributed by atoms with Crippen LogP contribution in [0.4, 0.5) is 5.69 Å². The summed E-state index contributed by atoms with van der Waals surface area (Å²) in [4.78, 5) is 0.183. The SMILES string of the molecule is COc1ccc(S(=O)(=O)N2CCCCC2)cc1NS(=O)(=O)c1cc(C)ccc1C. The van der Waals surface area contributed by atoms with E-state index in [1.165, 1.54) is 29.6 Å². The van der Waals surface area contributed by atoms with Crippen molar-refractivity contribution >= 4 is 25.7 Å². The number of ether oxygens (including phenoxy) is 1. The summed E-state index contributed by atoms with van der Waals surface area (Å²) in [6.45, 7) is 4.46. The van der Waals surface area contributed by atoms with Crippen molar-refractivity contribution in [3.63, 3.8) is 0 Å². The number of hydrogen-bond acceptors (Lipinski definition) is 5. The molecule has 1 N–H and O–H groups in total. The molecule has 0 amide bonds. The Morgan fingerprint density at radius 3 is 2.28 bits per heavy atom.